The van der Waals surface area contributed by atoms with Gasteiger partial charge in [0, 0.05) is 20.1 Å². The van der Waals surface area contributed by atoms with Crippen LogP contribution in [0.3, 0.4) is 0 Å². The molecule has 0 radical (unpaired) electrons. The first-order valence-electron chi connectivity index (χ1n) is 8.77. The van der Waals surface area contributed by atoms with Gasteiger partial charge in [0.15, 0.2) is 0 Å². The Hall–Kier alpha value is -2.67. The molecule has 1 N–H and O–H groups in total. The fourth-order valence-corrected chi connectivity index (χ4v) is 3.32. The third-order valence-corrected chi connectivity index (χ3v) is 4.65. The third kappa shape index (κ3) is 3.35. The first kappa shape index (κ1) is 18.1. The number of nitrogens with zero attached hydrogens (tertiary/aromatic N) is 3. The minimum absolute atomic E-state index is 0.186. The van der Waals surface area contributed by atoms with Crippen molar-refractivity contribution in [2.45, 2.75) is 26.3 Å². The second-order valence-electron chi connectivity index (χ2n) is 6.39. The molecule has 1 aromatic heterocycles. The highest BCUT2D eigenvalue weighted by molar-refractivity contribution is 6.21. The topological polar surface area (TPSA) is 76.5 Å². The number of imide groups is 1. The Morgan fingerprint density at radius 1 is 1.12 bits per heavy atom. The minimum atomic E-state index is -0.186. The average Bonchev–Trinajstić information content (AvgIpc) is 3.05. The maximum Gasteiger partial charge on any atom is 0.261 e. The van der Waals surface area contributed by atoms with E-state index in [0.29, 0.717) is 24.2 Å². The normalized spacial score (nSPS) is 13.4. The number of benzene rings is 1. The van der Waals surface area contributed by atoms with E-state index in [0.717, 1.165) is 36.5 Å². The van der Waals surface area contributed by atoms with Crippen molar-refractivity contribution >= 4 is 11.8 Å². The second-order valence-corrected chi connectivity index (χ2v) is 6.39. The number of carbonyl (C=O) groups excluding carboxylic acids is 2. The van der Waals surface area contributed by atoms with Crippen molar-refractivity contribution < 1.29 is 14.3 Å². The molecule has 0 bridgehead atoms. The maximum absolute atomic E-state index is 12.3. The highest BCUT2D eigenvalue weighted by atomic mass is 16.5. The quantitative estimate of drug-likeness (QED) is 0.577. The molecule has 0 spiro atoms. The zero-order valence-corrected chi connectivity index (χ0v) is 15.4. The number of unbranched alkanes of at least 4 members (excludes halogenated alkanes) is 1. The van der Waals surface area contributed by atoms with Gasteiger partial charge in [-0.05, 0) is 38.4 Å². The first-order valence-corrected chi connectivity index (χ1v) is 8.77. The smallest absolute Gasteiger partial charge is 0.261 e. The Balaban J connectivity index is 1.43. The van der Waals surface area contributed by atoms with Crippen molar-refractivity contribution in [1.82, 2.24) is 20.0 Å². The molecular weight excluding hydrogens is 332 g/mol. The molecule has 2 aromatic rings. The van der Waals surface area contributed by atoms with Gasteiger partial charge in [-0.15, -0.1) is 0 Å². The number of amides is 2. The van der Waals surface area contributed by atoms with E-state index in [2.05, 4.69) is 10.4 Å². The van der Waals surface area contributed by atoms with E-state index in [-0.39, 0.29) is 11.8 Å². The van der Waals surface area contributed by atoms with Gasteiger partial charge in [-0.25, -0.2) is 4.68 Å². The van der Waals surface area contributed by atoms with Crippen molar-refractivity contribution in [3.8, 4) is 5.88 Å². The van der Waals surface area contributed by atoms with Crippen LogP contribution in [-0.4, -0.2) is 46.7 Å². The number of ether oxygens (including phenoxy) is 1. The van der Waals surface area contributed by atoms with Crippen LogP contribution in [0.25, 0.3) is 0 Å². The number of nitrogens with one attached hydrogen (secondary N) is 1. The van der Waals surface area contributed by atoms with Crippen molar-refractivity contribution in [2.24, 2.45) is 7.05 Å². The first-order chi connectivity index (χ1) is 12.5. The van der Waals surface area contributed by atoms with Gasteiger partial charge in [0.25, 0.3) is 11.8 Å². The van der Waals surface area contributed by atoms with Crippen LogP contribution in [0.1, 0.15) is 44.8 Å². The number of fused-ring (bicyclic) bond motifs is 1. The Morgan fingerprint density at radius 2 is 1.77 bits per heavy atom. The van der Waals surface area contributed by atoms with Crippen LogP contribution in [0.5, 0.6) is 5.88 Å². The summed E-state index contributed by atoms with van der Waals surface area (Å²) in [7, 11) is 3.50. The van der Waals surface area contributed by atoms with Crippen molar-refractivity contribution in [1.29, 1.82) is 0 Å². The van der Waals surface area contributed by atoms with E-state index in [1.54, 1.807) is 36.1 Å². The van der Waals surface area contributed by atoms with Crippen LogP contribution in [0.15, 0.2) is 24.3 Å². The molecular formula is C19H24N4O3. The molecule has 0 saturated carbocycles. The average molecular weight is 356 g/mol. The number of hydrogen-bond donors (Lipinski definition) is 1. The maximum atomic E-state index is 12.3. The molecule has 26 heavy (non-hydrogen) atoms. The van der Waals surface area contributed by atoms with Gasteiger partial charge >= 0.3 is 0 Å². The summed E-state index contributed by atoms with van der Waals surface area (Å²) in [5.41, 5.74) is 3.02. The summed E-state index contributed by atoms with van der Waals surface area (Å²) >= 11 is 0. The van der Waals surface area contributed by atoms with Gasteiger partial charge < -0.3 is 10.1 Å². The molecule has 0 atom stereocenters. The summed E-state index contributed by atoms with van der Waals surface area (Å²) in [5.74, 6) is 0.393. The van der Waals surface area contributed by atoms with Crippen molar-refractivity contribution in [3.63, 3.8) is 0 Å². The number of hydrogen-bond acceptors (Lipinski definition) is 5. The van der Waals surface area contributed by atoms with Crippen molar-refractivity contribution in [3.05, 3.63) is 46.6 Å². The van der Waals surface area contributed by atoms with Crippen LogP contribution >= 0.6 is 0 Å². The SMILES string of the molecule is COc1c(CNCCCCN2C(=O)c3ccccc3C2=O)c(C)nn1C. The third-order valence-electron chi connectivity index (χ3n) is 4.65. The summed E-state index contributed by atoms with van der Waals surface area (Å²) in [6, 6.07) is 6.99. The molecule has 0 unspecified atom stereocenters. The Bertz CT molecular complexity index is 793. The van der Waals surface area contributed by atoms with Crippen LogP contribution < -0.4 is 10.1 Å². The van der Waals surface area contributed by atoms with Gasteiger partial charge in [0.05, 0.1) is 29.5 Å². The van der Waals surface area contributed by atoms with Crippen LogP contribution in [0, 0.1) is 6.92 Å². The van der Waals surface area contributed by atoms with E-state index in [1.165, 1.54) is 4.90 Å². The lowest BCUT2D eigenvalue weighted by atomic mass is 10.1. The Kier molecular flexibility index (Phi) is 5.37. The standard InChI is InChI=1S/C19H24N4O3/c1-13-16(19(26-3)22(2)21-13)12-20-10-6-7-11-23-17(24)14-8-4-5-9-15(14)18(23)25/h4-5,8-9,20H,6-7,10-12H2,1-3H3. The zero-order chi connectivity index (χ0) is 18.7. The van der Waals surface area contributed by atoms with Crippen LogP contribution in [0.4, 0.5) is 0 Å². The van der Waals surface area contributed by atoms with Gasteiger partial charge in [0.2, 0.25) is 5.88 Å². The molecule has 1 aliphatic rings. The lowest BCUT2D eigenvalue weighted by Gasteiger charge is -2.13. The highest BCUT2D eigenvalue weighted by Crippen LogP contribution is 2.23. The summed E-state index contributed by atoms with van der Waals surface area (Å²) in [4.78, 5) is 25.9. The van der Waals surface area contributed by atoms with E-state index >= 15 is 0 Å². The monoisotopic (exact) mass is 356 g/mol. The number of methoxy groups -OCH3 is 1. The zero-order valence-electron chi connectivity index (χ0n) is 15.4. The van der Waals surface area contributed by atoms with E-state index in [1.807, 2.05) is 14.0 Å². The molecule has 1 aromatic carbocycles. The summed E-state index contributed by atoms with van der Waals surface area (Å²) in [6.45, 7) is 3.88. The number of aryl methyl sites for hydroxylation is 2. The summed E-state index contributed by atoms with van der Waals surface area (Å²) in [5, 5.41) is 7.73. The van der Waals surface area contributed by atoms with Gasteiger partial charge in [-0.3, -0.25) is 14.5 Å². The largest absolute Gasteiger partial charge is 0.481 e. The van der Waals surface area contributed by atoms with Crippen LogP contribution in [-0.2, 0) is 13.6 Å². The lowest BCUT2D eigenvalue weighted by molar-refractivity contribution is 0.0651. The molecule has 0 saturated heterocycles. The molecule has 2 amide bonds. The number of carbonyl (C=O) groups is 2. The predicted octanol–water partition coefficient (Wildman–Crippen LogP) is 1.90. The van der Waals surface area contributed by atoms with E-state index in [9.17, 15) is 9.59 Å². The molecule has 7 heteroatoms. The second kappa shape index (κ2) is 7.70. The van der Waals surface area contributed by atoms with Crippen LogP contribution in [0.2, 0.25) is 0 Å². The van der Waals surface area contributed by atoms with Gasteiger partial charge in [-0.2, -0.15) is 5.10 Å². The molecule has 0 aliphatic carbocycles. The Morgan fingerprint density at radius 3 is 2.38 bits per heavy atom. The summed E-state index contributed by atoms with van der Waals surface area (Å²) < 4.78 is 7.11. The summed E-state index contributed by atoms with van der Waals surface area (Å²) in [6.07, 6.45) is 1.64. The lowest BCUT2D eigenvalue weighted by Crippen LogP contribution is -2.31. The molecule has 138 valence electrons. The van der Waals surface area contributed by atoms with E-state index in [4.69, 9.17) is 4.74 Å². The van der Waals surface area contributed by atoms with Crippen molar-refractivity contribution in [2.75, 3.05) is 20.2 Å². The molecule has 1 aliphatic heterocycles. The van der Waals surface area contributed by atoms with E-state index < -0.39 is 0 Å². The number of aromatic nitrogens is 2. The fraction of sp³-hybridized carbons (Fsp3) is 0.421. The molecule has 2 heterocycles. The predicted molar refractivity (Wildman–Crippen MR) is 97.2 cm³/mol. The number of rotatable bonds is 8. The highest BCUT2D eigenvalue weighted by Gasteiger charge is 2.34. The fourth-order valence-electron chi connectivity index (χ4n) is 3.32. The minimum Gasteiger partial charge on any atom is -0.481 e. The van der Waals surface area contributed by atoms with Gasteiger partial charge in [-0.1, -0.05) is 12.1 Å². The van der Waals surface area contributed by atoms with Gasteiger partial charge in [0.1, 0.15) is 0 Å². The molecule has 0 fully saturated rings. The molecule has 3 rings (SSSR count). The molecule has 7 nitrogen and oxygen atoms in total. The Labute approximate surface area is 152 Å².